The first kappa shape index (κ1) is 20.5. The molecule has 1 aromatic rings. The molecular weight excluding hydrogens is 326 g/mol. The van der Waals surface area contributed by atoms with Crippen molar-refractivity contribution in [1.82, 2.24) is 5.32 Å². The fourth-order valence-electron chi connectivity index (χ4n) is 1.94. The van der Waals surface area contributed by atoms with Crippen LogP contribution < -0.4 is 10.1 Å². The number of hydrogen-bond acceptors (Lipinski definition) is 6. The van der Waals surface area contributed by atoms with E-state index in [4.69, 9.17) is 9.47 Å². The van der Waals surface area contributed by atoms with E-state index in [2.05, 4.69) is 11.7 Å². The summed E-state index contributed by atoms with van der Waals surface area (Å²) < 4.78 is 15.0. The Labute approximate surface area is 147 Å². The third-order valence-electron chi connectivity index (χ3n) is 3.21. The molecule has 1 aromatic carbocycles. The number of amides is 2. The Kier molecular flexibility index (Phi) is 9.74. The molecule has 0 aromatic heterocycles. The largest absolute Gasteiger partial charge is 0.494 e. The first-order valence-electron chi connectivity index (χ1n) is 8.43. The van der Waals surface area contributed by atoms with Crippen LogP contribution in [0.1, 0.15) is 49.9 Å². The van der Waals surface area contributed by atoms with E-state index in [0.717, 1.165) is 12.8 Å². The normalized spacial score (nSPS) is 10.0. The van der Waals surface area contributed by atoms with Gasteiger partial charge < -0.3 is 14.2 Å². The van der Waals surface area contributed by atoms with Crippen LogP contribution in [0, 0.1) is 0 Å². The van der Waals surface area contributed by atoms with Gasteiger partial charge in [-0.15, -0.1) is 0 Å². The van der Waals surface area contributed by atoms with Gasteiger partial charge >= 0.3 is 12.1 Å². The molecule has 2 amide bonds. The summed E-state index contributed by atoms with van der Waals surface area (Å²) in [5, 5.41) is 1.94. The SMILES string of the molecule is CCCCCCOc1ccc(C(=O)OCC(=O)NC(=O)OCC)cc1. The van der Waals surface area contributed by atoms with Crippen molar-refractivity contribution in [2.75, 3.05) is 19.8 Å². The predicted molar refractivity (Wildman–Crippen MR) is 91.5 cm³/mol. The van der Waals surface area contributed by atoms with E-state index < -0.39 is 24.6 Å². The minimum absolute atomic E-state index is 0.145. The Bertz CT molecular complexity index is 555. The van der Waals surface area contributed by atoms with E-state index in [1.807, 2.05) is 5.32 Å². The lowest BCUT2D eigenvalue weighted by molar-refractivity contribution is -0.123. The molecule has 0 aliphatic heterocycles. The molecule has 0 bridgehead atoms. The van der Waals surface area contributed by atoms with Gasteiger partial charge in [0.2, 0.25) is 0 Å². The van der Waals surface area contributed by atoms with Gasteiger partial charge in [-0.25, -0.2) is 9.59 Å². The van der Waals surface area contributed by atoms with Crippen LogP contribution in [-0.2, 0) is 14.3 Å². The minimum Gasteiger partial charge on any atom is -0.494 e. The maximum absolute atomic E-state index is 11.8. The molecular formula is C18H25NO6. The summed E-state index contributed by atoms with van der Waals surface area (Å²) >= 11 is 0. The average Bonchev–Trinajstić information content (AvgIpc) is 2.60. The molecule has 0 aliphatic carbocycles. The van der Waals surface area contributed by atoms with Crippen molar-refractivity contribution in [3.05, 3.63) is 29.8 Å². The number of carbonyl (C=O) groups excluding carboxylic acids is 3. The maximum Gasteiger partial charge on any atom is 0.413 e. The Hall–Kier alpha value is -2.57. The van der Waals surface area contributed by atoms with Crippen molar-refractivity contribution in [3.8, 4) is 5.75 Å². The van der Waals surface area contributed by atoms with E-state index in [1.54, 1.807) is 31.2 Å². The van der Waals surface area contributed by atoms with Crippen LogP contribution in [0.5, 0.6) is 5.75 Å². The molecule has 1 rings (SSSR count). The number of carbonyl (C=O) groups is 3. The summed E-state index contributed by atoms with van der Waals surface area (Å²) in [6.45, 7) is 3.98. The lowest BCUT2D eigenvalue weighted by atomic mass is 10.2. The Morgan fingerprint density at radius 3 is 2.32 bits per heavy atom. The van der Waals surface area contributed by atoms with Gasteiger partial charge in [0.25, 0.3) is 5.91 Å². The number of ether oxygens (including phenoxy) is 3. The number of benzene rings is 1. The van der Waals surface area contributed by atoms with Gasteiger partial charge in [-0.1, -0.05) is 26.2 Å². The highest BCUT2D eigenvalue weighted by Gasteiger charge is 2.13. The van der Waals surface area contributed by atoms with Gasteiger partial charge in [0.15, 0.2) is 6.61 Å². The summed E-state index contributed by atoms with van der Waals surface area (Å²) in [4.78, 5) is 34.3. The van der Waals surface area contributed by atoms with E-state index in [0.29, 0.717) is 17.9 Å². The maximum atomic E-state index is 11.8. The average molecular weight is 351 g/mol. The Morgan fingerprint density at radius 1 is 0.960 bits per heavy atom. The van der Waals surface area contributed by atoms with E-state index in [-0.39, 0.29) is 6.61 Å². The molecule has 1 N–H and O–H groups in total. The van der Waals surface area contributed by atoms with Gasteiger partial charge in [-0.05, 0) is 37.6 Å². The van der Waals surface area contributed by atoms with Crippen molar-refractivity contribution >= 4 is 18.0 Å². The van der Waals surface area contributed by atoms with E-state index >= 15 is 0 Å². The molecule has 7 nitrogen and oxygen atoms in total. The van der Waals surface area contributed by atoms with Crippen molar-refractivity contribution in [1.29, 1.82) is 0 Å². The first-order valence-corrected chi connectivity index (χ1v) is 8.43. The zero-order chi connectivity index (χ0) is 18.5. The monoisotopic (exact) mass is 351 g/mol. The Balaban J connectivity index is 2.33. The van der Waals surface area contributed by atoms with Crippen molar-refractivity contribution in [3.63, 3.8) is 0 Å². The molecule has 0 aliphatic rings. The van der Waals surface area contributed by atoms with Crippen LogP contribution in [-0.4, -0.2) is 37.8 Å². The molecule has 0 saturated heterocycles. The first-order chi connectivity index (χ1) is 12.1. The summed E-state index contributed by atoms with van der Waals surface area (Å²) in [7, 11) is 0. The number of unbranched alkanes of at least 4 members (excludes halogenated alkanes) is 3. The van der Waals surface area contributed by atoms with Gasteiger partial charge in [0.05, 0.1) is 18.8 Å². The summed E-state index contributed by atoms with van der Waals surface area (Å²) in [5.74, 6) is -0.736. The molecule has 0 heterocycles. The van der Waals surface area contributed by atoms with Crippen LogP contribution in [0.4, 0.5) is 4.79 Å². The van der Waals surface area contributed by atoms with Gasteiger partial charge in [0.1, 0.15) is 5.75 Å². The summed E-state index contributed by atoms with van der Waals surface area (Å²) in [5.41, 5.74) is 0.294. The van der Waals surface area contributed by atoms with E-state index in [1.165, 1.54) is 12.8 Å². The second kappa shape index (κ2) is 11.9. The van der Waals surface area contributed by atoms with Gasteiger partial charge in [0, 0.05) is 0 Å². The number of esters is 1. The molecule has 0 spiro atoms. The second-order valence-electron chi connectivity index (χ2n) is 5.28. The Morgan fingerprint density at radius 2 is 1.68 bits per heavy atom. The standard InChI is InChI=1S/C18H25NO6/c1-3-5-6-7-12-24-15-10-8-14(9-11-15)17(21)25-13-16(20)19-18(22)23-4-2/h8-11H,3-7,12-13H2,1-2H3,(H,19,20,22). The fourth-order valence-corrected chi connectivity index (χ4v) is 1.94. The lowest BCUT2D eigenvalue weighted by Gasteiger charge is -2.08. The molecule has 0 radical (unpaired) electrons. The molecule has 7 heteroatoms. The number of hydrogen-bond donors (Lipinski definition) is 1. The number of rotatable bonds is 10. The summed E-state index contributed by atoms with van der Waals surface area (Å²) in [6.07, 6.45) is 3.62. The zero-order valence-corrected chi connectivity index (χ0v) is 14.7. The minimum atomic E-state index is -0.871. The lowest BCUT2D eigenvalue weighted by Crippen LogP contribution is -2.34. The van der Waals surface area contributed by atoms with Crippen LogP contribution in [0.25, 0.3) is 0 Å². The molecule has 0 atom stereocenters. The quantitative estimate of drug-likeness (QED) is 0.514. The zero-order valence-electron chi connectivity index (χ0n) is 14.7. The van der Waals surface area contributed by atoms with Gasteiger partial charge in [-0.2, -0.15) is 0 Å². The highest BCUT2D eigenvalue weighted by Crippen LogP contribution is 2.13. The van der Waals surface area contributed by atoms with Crippen LogP contribution >= 0.6 is 0 Å². The van der Waals surface area contributed by atoms with Crippen molar-refractivity contribution in [2.24, 2.45) is 0 Å². The van der Waals surface area contributed by atoms with Crippen LogP contribution in [0.2, 0.25) is 0 Å². The molecule has 0 fully saturated rings. The van der Waals surface area contributed by atoms with Crippen LogP contribution in [0.15, 0.2) is 24.3 Å². The third kappa shape index (κ3) is 8.74. The highest BCUT2D eigenvalue weighted by molar-refractivity contribution is 5.95. The van der Waals surface area contributed by atoms with Gasteiger partial charge in [-0.3, -0.25) is 10.1 Å². The fraction of sp³-hybridized carbons (Fsp3) is 0.500. The highest BCUT2D eigenvalue weighted by atomic mass is 16.6. The van der Waals surface area contributed by atoms with Crippen molar-refractivity contribution in [2.45, 2.75) is 39.5 Å². The molecule has 138 valence electrons. The number of alkyl carbamates (subject to hydrolysis) is 1. The predicted octanol–water partition coefficient (Wildman–Crippen LogP) is 3.08. The third-order valence-corrected chi connectivity index (χ3v) is 3.21. The summed E-state index contributed by atoms with van der Waals surface area (Å²) in [6, 6.07) is 6.48. The smallest absolute Gasteiger partial charge is 0.413 e. The molecule has 0 unspecified atom stereocenters. The van der Waals surface area contributed by atoms with E-state index in [9.17, 15) is 14.4 Å². The molecule has 25 heavy (non-hydrogen) atoms. The topological polar surface area (TPSA) is 90.9 Å². The molecule has 0 saturated carbocycles. The number of nitrogens with one attached hydrogen (secondary N) is 1. The number of imide groups is 1. The van der Waals surface area contributed by atoms with Crippen LogP contribution in [0.3, 0.4) is 0 Å². The second-order valence-corrected chi connectivity index (χ2v) is 5.28. The van der Waals surface area contributed by atoms with Crippen molar-refractivity contribution < 1.29 is 28.6 Å².